The van der Waals surface area contributed by atoms with Gasteiger partial charge in [0.2, 0.25) is 0 Å². The Labute approximate surface area is 237 Å². The Balaban J connectivity index is 1.40. The molecule has 0 N–H and O–H groups in total. The molecule has 0 saturated carbocycles. The van der Waals surface area contributed by atoms with Crippen molar-refractivity contribution in [1.29, 1.82) is 0 Å². The zero-order valence-electron chi connectivity index (χ0n) is 23.0. The van der Waals surface area contributed by atoms with E-state index in [1.165, 1.54) is 54.8 Å². The first kappa shape index (κ1) is 22.6. The van der Waals surface area contributed by atoms with Crippen molar-refractivity contribution >= 4 is 43.6 Å². The highest BCUT2D eigenvalue weighted by molar-refractivity contribution is 6.14. The van der Waals surface area contributed by atoms with Gasteiger partial charge in [0.15, 0.2) is 0 Å². The van der Waals surface area contributed by atoms with Crippen LogP contribution in [0, 0.1) is 0 Å². The molecule has 0 spiro atoms. The van der Waals surface area contributed by atoms with E-state index < -0.39 is 0 Å². The molecule has 3 heteroatoms. The van der Waals surface area contributed by atoms with Crippen molar-refractivity contribution in [3.8, 4) is 22.5 Å². The van der Waals surface area contributed by atoms with E-state index in [4.69, 9.17) is 4.98 Å². The molecular formula is C38H27N3. The van der Waals surface area contributed by atoms with Gasteiger partial charge in [0.1, 0.15) is 6.33 Å². The third-order valence-electron chi connectivity index (χ3n) is 9.13. The maximum Gasteiger partial charge on any atom is 0.100 e. The molecule has 3 nitrogen and oxygen atoms in total. The number of hydrogen-bond acceptors (Lipinski definition) is 1. The van der Waals surface area contributed by atoms with Crippen LogP contribution in [-0.4, -0.2) is 14.1 Å². The lowest BCUT2D eigenvalue weighted by atomic mass is 9.79. The molecular weight excluding hydrogens is 498 g/mol. The smallest absolute Gasteiger partial charge is 0.100 e. The summed E-state index contributed by atoms with van der Waals surface area (Å²) >= 11 is 0. The van der Waals surface area contributed by atoms with Gasteiger partial charge >= 0.3 is 0 Å². The average molecular weight is 526 g/mol. The number of imidazole rings is 1. The molecule has 194 valence electrons. The summed E-state index contributed by atoms with van der Waals surface area (Å²) < 4.78 is 4.67. The average Bonchev–Trinajstić information content (AvgIpc) is 3.65. The lowest BCUT2D eigenvalue weighted by molar-refractivity contribution is 0.670. The number of benzene rings is 6. The zero-order chi connectivity index (χ0) is 27.3. The van der Waals surface area contributed by atoms with Crippen molar-refractivity contribution in [3.63, 3.8) is 0 Å². The summed E-state index contributed by atoms with van der Waals surface area (Å²) in [6, 6.07) is 44.1. The van der Waals surface area contributed by atoms with Gasteiger partial charge in [0, 0.05) is 27.6 Å². The molecule has 0 atom stereocenters. The van der Waals surface area contributed by atoms with Crippen LogP contribution >= 0.6 is 0 Å². The molecule has 6 aromatic carbocycles. The normalized spacial score (nSPS) is 13.8. The van der Waals surface area contributed by atoms with Gasteiger partial charge in [-0.25, -0.2) is 4.98 Å². The van der Waals surface area contributed by atoms with Crippen LogP contribution in [0.2, 0.25) is 0 Å². The van der Waals surface area contributed by atoms with E-state index in [1.807, 2.05) is 6.33 Å². The Hall–Kier alpha value is -5.15. The third-order valence-corrected chi connectivity index (χ3v) is 9.13. The van der Waals surface area contributed by atoms with Crippen molar-refractivity contribution < 1.29 is 0 Å². The highest BCUT2D eigenvalue weighted by Gasteiger charge is 2.39. The summed E-state index contributed by atoms with van der Waals surface area (Å²) in [7, 11) is 0. The monoisotopic (exact) mass is 525 g/mol. The molecule has 0 unspecified atom stereocenters. The van der Waals surface area contributed by atoms with Crippen molar-refractivity contribution in [2.75, 3.05) is 0 Å². The van der Waals surface area contributed by atoms with Gasteiger partial charge in [-0.1, -0.05) is 98.8 Å². The summed E-state index contributed by atoms with van der Waals surface area (Å²) in [5.41, 5.74) is 12.2. The molecule has 9 rings (SSSR count). The minimum Gasteiger partial charge on any atom is -0.309 e. The molecule has 1 aliphatic carbocycles. The van der Waals surface area contributed by atoms with E-state index in [1.54, 1.807) is 0 Å². The van der Waals surface area contributed by atoms with Crippen LogP contribution in [-0.2, 0) is 5.41 Å². The fourth-order valence-corrected chi connectivity index (χ4v) is 7.41. The SMILES string of the molecule is CC1(C)c2c(ccc3ccccc23)-c2ccc3c4ccccc4n(-c4ccc5ncn(-c6ccccc6)c5c4)c3c21. The van der Waals surface area contributed by atoms with Gasteiger partial charge in [-0.05, 0) is 69.4 Å². The summed E-state index contributed by atoms with van der Waals surface area (Å²) in [6.07, 6.45) is 1.93. The number of rotatable bonds is 2. The van der Waals surface area contributed by atoms with E-state index in [0.717, 1.165) is 22.4 Å². The second kappa shape index (κ2) is 7.96. The molecule has 0 bridgehead atoms. The minimum atomic E-state index is -0.174. The van der Waals surface area contributed by atoms with E-state index in [-0.39, 0.29) is 5.41 Å². The van der Waals surface area contributed by atoms with Crippen LogP contribution in [0.15, 0.2) is 128 Å². The van der Waals surface area contributed by atoms with E-state index >= 15 is 0 Å². The van der Waals surface area contributed by atoms with Gasteiger partial charge in [-0.2, -0.15) is 0 Å². The largest absolute Gasteiger partial charge is 0.309 e. The Bertz CT molecular complexity index is 2330. The first-order valence-corrected chi connectivity index (χ1v) is 14.2. The fourth-order valence-electron chi connectivity index (χ4n) is 7.41. The van der Waals surface area contributed by atoms with Gasteiger partial charge in [-0.15, -0.1) is 0 Å². The van der Waals surface area contributed by atoms with Crippen LogP contribution in [0.4, 0.5) is 0 Å². The molecule has 41 heavy (non-hydrogen) atoms. The summed E-state index contributed by atoms with van der Waals surface area (Å²) in [4.78, 5) is 4.73. The Morgan fingerprint density at radius 1 is 0.561 bits per heavy atom. The third kappa shape index (κ3) is 2.95. The van der Waals surface area contributed by atoms with Crippen LogP contribution in [0.5, 0.6) is 0 Å². The number of nitrogens with zero attached hydrogens (tertiary/aromatic N) is 3. The Morgan fingerprint density at radius 3 is 2.17 bits per heavy atom. The van der Waals surface area contributed by atoms with Crippen LogP contribution in [0.1, 0.15) is 25.0 Å². The molecule has 0 amide bonds. The quantitative estimate of drug-likeness (QED) is 0.220. The first-order valence-electron chi connectivity index (χ1n) is 14.2. The van der Waals surface area contributed by atoms with E-state index in [2.05, 4.69) is 144 Å². The summed E-state index contributed by atoms with van der Waals surface area (Å²) in [5.74, 6) is 0. The van der Waals surface area contributed by atoms with Crippen LogP contribution in [0.3, 0.4) is 0 Å². The topological polar surface area (TPSA) is 22.8 Å². The maximum absolute atomic E-state index is 4.73. The lowest BCUT2D eigenvalue weighted by Crippen LogP contribution is -2.17. The van der Waals surface area contributed by atoms with Crippen molar-refractivity contribution in [2.24, 2.45) is 0 Å². The number of aromatic nitrogens is 3. The molecule has 0 radical (unpaired) electrons. The van der Waals surface area contributed by atoms with Crippen molar-refractivity contribution in [1.82, 2.24) is 14.1 Å². The minimum absolute atomic E-state index is 0.174. The highest BCUT2D eigenvalue weighted by Crippen LogP contribution is 2.54. The Kier molecular flexibility index (Phi) is 4.39. The molecule has 2 heterocycles. The molecule has 0 saturated heterocycles. The predicted molar refractivity (Wildman–Crippen MR) is 170 cm³/mol. The molecule has 2 aromatic heterocycles. The van der Waals surface area contributed by atoms with Crippen LogP contribution < -0.4 is 0 Å². The molecule has 0 fully saturated rings. The fraction of sp³-hybridized carbons (Fsp3) is 0.0789. The maximum atomic E-state index is 4.73. The summed E-state index contributed by atoms with van der Waals surface area (Å²) in [6.45, 7) is 4.80. The van der Waals surface area contributed by atoms with Gasteiger partial charge in [0.25, 0.3) is 0 Å². The zero-order valence-corrected chi connectivity index (χ0v) is 23.0. The molecule has 0 aliphatic heterocycles. The number of hydrogen-bond donors (Lipinski definition) is 0. The first-order chi connectivity index (χ1) is 20.1. The van der Waals surface area contributed by atoms with Crippen molar-refractivity contribution in [2.45, 2.75) is 19.3 Å². The molecule has 1 aliphatic rings. The highest BCUT2D eigenvalue weighted by atomic mass is 15.1. The van der Waals surface area contributed by atoms with Gasteiger partial charge in [0.05, 0.1) is 22.1 Å². The van der Waals surface area contributed by atoms with Crippen LogP contribution in [0.25, 0.3) is 66.1 Å². The van der Waals surface area contributed by atoms with E-state index in [0.29, 0.717) is 0 Å². The summed E-state index contributed by atoms with van der Waals surface area (Å²) in [5, 5.41) is 5.21. The van der Waals surface area contributed by atoms with E-state index in [9.17, 15) is 0 Å². The molecule has 8 aromatic rings. The number of fused-ring (bicyclic) bond motifs is 10. The standard InChI is InChI=1S/C38H27N3/c1-38(2)35-27-13-7-6-10-24(27)16-18-29(35)30-19-20-31-28-14-8-9-15-33(28)41(37(31)36(30)38)26-17-21-32-34(22-26)40(23-39-32)25-11-4-3-5-12-25/h3-23H,1-2H3. The van der Waals surface area contributed by atoms with Gasteiger partial charge in [-0.3, -0.25) is 4.57 Å². The second-order valence-corrected chi connectivity index (χ2v) is 11.7. The Morgan fingerprint density at radius 2 is 1.29 bits per heavy atom. The van der Waals surface area contributed by atoms with Crippen molar-refractivity contribution in [3.05, 3.63) is 139 Å². The van der Waals surface area contributed by atoms with Gasteiger partial charge < -0.3 is 4.57 Å². The number of para-hydroxylation sites is 2. The second-order valence-electron chi connectivity index (χ2n) is 11.7. The predicted octanol–water partition coefficient (Wildman–Crippen LogP) is 9.58. The lowest BCUT2D eigenvalue weighted by Gasteiger charge is -2.25.